The number of hydrogen-bond acceptors (Lipinski definition) is 4. The molecule has 2 N–H and O–H groups in total. The molecule has 0 aliphatic rings. The first kappa shape index (κ1) is 17.1. The van der Waals surface area contributed by atoms with Gasteiger partial charge in [0.25, 0.3) is 5.56 Å². The molecule has 0 aliphatic heterocycles. The molecule has 0 aliphatic carbocycles. The molecule has 4 rings (SSSR count). The van der Waals surface area contributed by atoms with Crippen LogP contribution in [0.5, 0.6) is 0 Å². The molecular weight excluding hydrogens is 345 g/mol. The van der Waals surface area contributed by atoms with E-state index in [1.165, 1.54) is 16.7 Å². The summed E-state index contributed by atoms with van der Waals surface area (Å²) in [7, 11) is 0. The lowest BCUT2D eigenvalue weighted by Gasteiger charge is -2.19. The normalized spacial score (nSPS) is 12.4. The number of rotatable bonds is 5. The van der Waals surface area contributed by atoms with Crippen molar-refractivity contribution >= 4 is 10.9 Å². The zero-order valence-electron chi connectivity index (χ0n) is 14.7. The molecule has 0 bridgehead atoms. The highest BCUT2D eigenvalue weighted by molar-refractivity contribution is 5.77. The van der Waals surface area contributed by atoms with Crippen LogP contribution in [0.3, 0.4) is 0 Å². The third-order valence-electron chi connectivity index (χ3n) is 4.40. The lowest BCUT2D eigenvalue weighted by Crippen LogP contribution is -2.30. The van der Waals surface area contributed by atoms with Crippen molar-refractivity contribution in [2.75, 3.05) is 0 Å². The predicted molar refractivity (Wildman–Crippen MR) is 101 cm³/mol. The molecule has 0 unspecified atom stereocenters. The Morgan fingerprint density at radius 3 is 2.70 bits per heavy atom. The maximum atomic E-state index is 13.4. The average Bonchev–Trinajstić information content (AvgIpc) is 3.21. The summed E-state index contributed by atoms with van der Waals surface area (Å²) >= 11 is 0. The summed E-state index contributed by atoms with van der Waals surface area (Å²) in [5.41, 5.74) is 1.01. The third kappa shape index (κ3) is 3.37. The van der Waals surface area contributed by atoms with E-state index >= 15 is 0 Å². The van der Waals surface area contributed by atoms with Crippen LogP contribution in [0.2, 0.25) is 0 Å². The van der Waals surface area contributed by atoms with Gasteiger partial charge in [-0.05, 0) is 43.3 Å². The molecular formula is C20H18FN5O. The Bertz CT molecular complexity index is 1120. The van der Waals surface area contributed by atoms with Crippen molar-refractivity contribution in [1.29, 1.82) is 0 Å². The summed E-state index contributed by atoms with van der Waals surface area (Å²) in [6.07, 6.45) is 3.44. The van der Waals surface area contributed by atoms with Gasteiger partial charge in [0.1, 0.15) is 17.5 Å². The first-order valence-corrected chi connectivity index (χ1v) is 8.63. The van der Waals surface area contributed by atoms with Crippen molar-refractivity contribution in [3.05, 3.63) is 88.7 Å². The van der Waals surface area contributed by atoms with E-state index in [1.807, 2.05) is 19.1 Å². The number of fused-ring (bicyclic) bond motifs is 1. The van der Waals surface area contributed by atoms with E-state index in [1.54, 1.807) is 36.7 Å². The van der Waals surface area contributed by atoms with Gasteiger partial charge in [0.2, 0.25) is 0 Å². The Kier molecular flexibility index (Phi) is 4.52. The molecule has 2 aromatic heterocycles. The van der Waals surface area contributed by atoms with Gasteiger partial charge in [-0.2, -0.15) is 0 Å². The first-order chi connectivity index (χ1) is 13.1. The van der Waals surface area contributed by atoms with Crippen LogP contribution in [0.15, 0.2) is 65.7 Å². The van der Waals surface area contributed by atoms with Crippen LogP contribution < -0.4 is 10.9 Å². The maximum absolute atomic E-state index is 13.4. The summed E-state index contributed by atoms with van der Waals surface area (Å²) in [4.78, 5) is 25.1. The van der Waals surface area contributed by atoms with Gasteiger partial charge >= 0.3 is 0 Å². The standard InChI is InChI=1S/C20H18FN5O/c1-13(24-12-18-22-10-11-23-18)19-25-17-5-3-2-4-16(17)20(27)26(19)15-8-6-14(21)7-9-15/h2-11,13,24H,12H2,1H3,(H,22,23)/t13-/m1/s1. The molecule has 0 amide bonds. The second-order valence-corrected chi connectivity index (χ2v) is 6.24. The minimum Gasteiger partial charge on any atom is -0.348 e. The van der Waals surface area contributed by atoms with Crippen molar-refractivity contribution in [2.24, 2.45) is 0 Å². The molecule has 27 heavy (non-hydrogen) atoms. The quantitative estimate of drug-likeness (QED) is 0.571. The summed E-state index contributed by atoms with van der Waals surface area (Å²) in [5.74, 6) is 0.987. The van der Waals surface area contributed by atoms with Crippen LogP contribution in [0, 0.1) is 5.82 Å². The van der Waals surface area contributed by atoms with Gasteiger partial charge in [-0.25, -0.2) is 14.4 Å². The van der Waals surface area contributed by atoms with Gasteiger partial charge in [0.05, 0.1) is 29.2 Å². The fourth-order valence-corrected chi connectivity index (χ4v) is 3.02. The maximum Gasteiger partial charge on any atom is 0.266 e. The second-order valence-electron chi connectivity index (χ2n) is 6.24. The van der Waals surface area contributed by atoms with E-state index < -0.39 is 0 Å². The van der Waals surface area contributed by atoms with E-state index in [2.05, 4.69) is 15.3 Å². The molecule has 0 spiro atoms. The van der Waals surface area contributed by atoms with Crippen molar-refractivity contribution in [3.8, 4) is 5.69 Å². The second kappa shape index (κ2) is 7.13. The number of benzene rings is 2. The predicted octanol–water partition coefficient (Wildman–Crippen LogP) is 3.10. The topological polar surface area (TPSA) is 75.6 Å². The molecule has 7 heteroatoms. The molecule has 0 radical (unpaired) electrons. The molecule has 4 aromatic rings. The van der Waals surface area contributed by atoms with Crippen molar-refractivity contribution in [2.45, 2.75) is 19.5 Å². The third-order valence-corrected chi connectivity index (χ3v) is 4.40. The average molecular weight is 363 g/mol. The number of para-hydroxylation sites is 1. The highest BCUT2D eigenvalue weighted by atomic mass is 19.1. The van der Waals surface area contributed by atoms with E-state index in [9.17, 15) is 9.18 Å². The minimum absolute atomic E-state index is 0.186. The zero-order chi connectivity index (χ0) is 18.8. The summed E-state index contributed by atoms with van der Waals surface area (Å²) in [5, 5.41) is 3.84. The Morgan fingerprint density at radius 1 is 1.19 bits per heavy atom. The Morgan fingerprint density at radius 2 is 1.96 bits per heavy atom. The van der Waals surface area contributed by atoms with Gasteiger partial charge in [-0.15, -0.1) is 0 Å². The fourth-order valence-electron chi connectivity index (χ4n) is 3.02. The smallest absolute Gasteiger partial charge is 0.266 e. The number of halogens is 1. The van der Waals surface area contributed by atoms with Gasteiger partial charge in [-0.3, -0.25) is 9.36 Å². The van der Waals surface area contributed by atoms with Crippen molar-refractivity contribution in [1.82, 2.24) is 24.8 Å². The molecule has 0 saturated carbocycles. The molecule has 136 valence electrons. The van der Waals surface area contributed by atoms with E-state index in [0.29, 0.717) is 29.0 Å². The van der Waals surface area contributed by atoms with Crippen molar-refractivity contribution < 1.29 is 4.39 Å². The van der Waals surface area contributed by atoms with E-state index in [4.69, 9.17) is 4.98 Å². The number of nitrogens with one attached hydrogen (secondary N) is 2. The van der Waals surface area contributed by atoms with Gasteiger partial charge in [-0.1, -0.05) is 12.1 Å². The SMILES string of the molecule is C[C@@H](NCc1ncc[nH]1)c1nc2ccccc2c(=O)n1-c1ccc(F)cc1. The number of nitrogens with zero attached hydrogens (tertiary/aromatic N) is 3. The molecule has 2 aromatic carbocycles. The molecule has 6 nitrogen and oxygen atoms in total. The summed E-state index contributed by atoms with van der Waals surface area (Å²) in [6.45, 7) is 2.43. The molecule has 2 heterocycles. The number of aromatic amines is 1. The minimum atomic E-state index is -0.355. The van der Waals surface area contributed by atoms with E-state index in [-0.39, 0.29) is 17.4 Å². The van der Waals surface area contributed by atoms with Crippen LogP contribution in [0.1, 0.15) is 24.6 Å². The molecule has 1 atom stereocenters. The highest BCUT2D eigenvalue weighted by Crippen LogP contribution is 2.18. The monoisotopic (exact) mass is 363 g/mol. The highest BCUT2D eigenvalue weighted by Gasteiger charge is 2.18. The van der Waals surface area contributed by atoms with Crippen LogP contribution in [-0.2, 0) is 6.54 Å². The van der Waals surface area contributed by atoms with Gasteiger partial charge < -0.3 is 10.3 Å². The number of aromatic nitrogens is 4. The van der Waals surface area contributed by atoms with Crippen LogP contribution in [0.25, 0.3) is 16.6 Å². The zero-order valence-corrected chi connectivity index (χ0v) is 14.7. The summed E-state index contributed by atoms with van der Waals surface area (Å²) in [6, 6.07) is 12.8. The van der Waals surface area contributed by atoms with E-state index in [0.717, 1.165) is 5.82 Å². The Labute approximate surface area is 154 Å². The van der Waals surface area contributed by atoms with Gasteiger partial charge in [0.15, 0.2) is 0 Å². The van der Waals surface area contributed by atoms with Crippen molar-refractivity contribution in [3.63, 3.8) is 0 Å². The number of imidazole rings is 1. The number of hydrogen-bond donors (Lipinski definition) is 2. The molecule has 0 fully saturated rings. The summed E-state index contributed by atoms with van der Waals surface area (Å²) < 4.78 is 14.9. The Hall–Kier alpha value is -3.32. The lowest BCUT2D eigenvalue weighted by atomic mass is 10.2. The first-order valence-electron chi connectivity index (χ1n) is 8.63. The van der Waals surface area contributed by atoms with Gasteiger partial charge in [0, 0.05) is 12.4 Å². The van der Waals surface area contributed by atoms with Crippen LogP contribution in [0.4, 0.5) is 4.39 Å². The molecule has 0 saturated heterocycles. The Balaban J connectivity index is 1.83. The largest absolute Gasteiger partial charge is 0.348 e. The van der Waals surface area contributed by atoms with Crippen LogP contribution >= 0.6 is 0 Å². The lowest BCUT2D eigenvalue weighted by molar-refractivity contribution is 0.523. The van der Waals surface area contributed by atoms with Crippen LogP contribution in [-0.4, -0.2) is 19.5 Å². The number of H-pyrrole nitrogens is 1. The fraction of sp³-hybridized carbons (Fsp3) is 0.150.